The van der Waals surface area contributed by atoms with E-state index in [1.807, 2.05) is 6.07 Å². The maximum Gasteiger partial charge on any atom is 0.389 e. The molecule has 2 rings (SSSR count). The number of halogens is 4. The van der Waals surface area contributed by atoms with Gasteiger partial charge in [0.25, 0.3) is 0 Å². The smallest absolute Gasteiger partial charge is 0.314 e. The molecule has 0 saturated carbocycles. The third kappa shape index (κ3) is 4.63. The second-order valence-corrected chi connectivity index (χ2v) is 6.34. The lowest BCUT2D eigenvalue weighted by molar-refractivity contribution is -0.138. The number of nitrogens with one attached hydrogen (secondary N) is 1. The fraction of sp³-hybridized carbons (Fsp3) is 0.667. The molecule has 1 aliphatic heterocycles. The first-order valence-corrected chi connectivity index (χ1v) is 7.42. The molecular weight excluding hydrogens is 297 g/mol. The zero-order valence-electron chi connectivity index (χ0n) is 10.3. The van der Waals surface area contributed by atoms with E-state index in [-0.39, 0.29) is 12.5 Å². The Labute approximate surface area is 119 Å². The molecule has 0 aliphatic carbocycles. The lowest BCUT2D eigenvalue weighted by atomic mass is 10.1. The molecule has 1 atom stereocenters. The van der Waals surface area contributed by atoms with Crippen LogP contribution in [0.5, 0.6) is 0 Å². The average molecular weight is 313 g/mol. The van der Waals surface area contributed by atoms with Crippen molar-refractivity contribution in [3.63, 3.8) is 0 Å². The topological polar surface area (TPSA) is 15.3 Å². The van der Waals surface area contributed by atoms with Crippen LogP contribution in [-0.4, -0.2) is 37.3 Å². The van der Waals surface area contributed by atoms with Crippen molar-refractivity contribution >= 4 is 22.9 Å². The first kappa shape index (κ1) is 15.1. The molecule has 7 heteroatoms. The van der Waals surface area contributed by atoms with Crippen LogP contribution in [0.4, 0.5) is 13.2 Å². The molecule has 0 radical (unpaired) electrons. The van der Waals surface area contributed by atoms with Gasteiger partial charge in [-0.2, -0.15) is 13.2 Å². The summed E-state index contributed by atoms with van der Waals surface area (Å²) in [6.45, 7) is 3.19. The number of hydrogen-bond donors (Lipinski definition) is 1. The zero-order chi connectivity index (χ0) is 13.9. The average Bonchev–Trinajstić information content (AvgIpc) is 2.76. The van der Waals surface area contributed by atoms with Gasteiger partial charge in [-0.15, -0.1) is 11.3 Å². The van der Waals surface area contributed by atoms with E-state index in [1.165, 1.54) is 11.3 Å². The molecule has 19 heavy (non-hydrogen) atoms. The van der Waals surface area contributed by atoms with Crippen LogP contribution in [0.15, 0.2) is 12.1 Å². The largest absolute Gasteiger partial charge is 0.389 e. The van der Waals surface area contributed by atoms with Gasteiger partial charge in [0.15, 0.2) is 0 Å². The van der Waals surface area contributed by atoms with Gasteiger partial charge < -0.3 is 5.32 Å². The van der Waals surface area contributed by atoms with Crippen molar-refractivity contribution in [2.75, 3.05) is 26.2 Å². The van der Waals surface area contributed by atoms with Gasteiger partial charge >= 0.3 is 6.18 Å². The molecule has 1 N–H and O–H groups in total. The van der Waals surface area contributed by atoms with E-state index in [0.29, 0.717) is 4.34 Å². The minimum Gasteiger partial charge on any atom is -0.314 e. The Morgan fingerprint density at radius 2 is 2.00 bits per heavy atom. The van der Waals surface area contributed by atoms with Crippen molar-refractivity contribution in [1.82, 2.24) is 10.2 Å². The second-order valence-electron chi connectivity index (χ2n) is 4.60. The molecule has 2 heterocycles. The summed E-state index contributed by atoms with van der Waals surface area (Å²) in [5.74, 6) is 0. The van der Waals surface area contributed by atoms with Crippen molar-refractivity contribution in [1.29, 1.82) is 0 Å². The highest BCUT2D eigenvalue weighted by Gasteiger charge is 2.31. The zero-order valence-corrected chi connectivity index (χ0v) is 11.9. The quantitative estimate of drug-likeness (QED) is 0.912. The standard InChI is InChI=1S/C12H16ClF3N2S/c13-11-2-1-10(19-11)9(3-4-12(14,15)16)18-7-5-17-6-8-18/h1-2,9,17H,3-8H2/t9-/m0/s1. The molecule has 1 aliphatic rings. The molecule has 0 aromatic carbocycles. The minimum absolute atomic E-state index is 0.0976. The van der Waals surface area contributed by atoms with Gasteiger partial charge in [-0.3, -0.25) is 4.90 Å². The third-order valence-corrected chi connectivity index (χ3v) is 4.55. The van der Waals surface area contributed by atoms with E-state index in [1.54, 1.807) is 6.07 Å². The van der Waals surface area contributed by atoms with Crippen LogP contribution in [0.25, 0.3) is 0 Å². The first-order chi connectivity index (χ1) is 8.96. The van der Waals surface area contributed by atoms with Crippen LogP contribution in [0, 0.1) is 0 Å². The fourth-order valence-electron chi connectivity index (χ4n) is 2.31. The van der Waals surface area contributed by atoms with Gasteiger partial charge in [0, 0.05) is 43.5 Å². The predicted octanol–water partition coefficient (Wildman–Crippen LogP) is 3.69. The maximum absolute atomic E-state index is 12.5. The number of thiophene rings is 1. The van der Waals surface area contributed by atoms with Gasteiger partial charge in [-0.25, -0.2) is 0 Å². The Hall–Kier alpha value is -0.300. The van der Waals surface area contributed by atoms with Crippen molar-refractivity contribution in [3.8, 4) is 0 Å². The van der Waals surface area contributed by atoms with Crippen LogP contribution >= 0.6 is 22.9 Å². The summed E-state index contributed by atoms with van der Waals surface area (Å²) in [6.07, 6.45) is -4.76. The van der Waals surface area contributed by atoms with Crippen molar-refractivity contribution < 1.29 is 13.2 Å². The lowest BCUT2D eigenvalue weighted by Crippen LogP contribution is -2.45. The number of alkyl halides is 3. The Morgan fingerprint density at radius 1 is 1.32 bits per heavy atom. The highest BCUT2D eigenvalue weighted by atomic mass is 35.5. The maximum atomic E-state index is 12.5. The molecule has 2 nitrogen and oxygen atoms in total. The molecule has 0 amide bonds. The molecule has 1 aromatic heterocycles. The summed E-state index contributed by atoms with van der Waals surface area (Å²) in [5.41, 5.74) is 0. The Balaban J connectivity index is 2.08. The SMILES string of the molecule is FC(F)(F)CC[C@@H](c1ccc(Cl)s1)N1CCNCC1. The molecule has 1 saturated heterocycles. The van der Waals surface area contributed by atoms with Gasteiger partial charge in [-0.05, 0) is 18.6 Å². The van der Waals surface area contributed by atoms with Crippen LogP contribution in [-0.2, 0) is 0 Å². The molecule has 0 bridgehead atoms. The summed E-state index contributed by atoms with van der Waals surface area (Å²) >= 11 is 7.27. The molecule has 0 unspecified atom stereocenters. The molecule has 1 fully saturated rings. The Morgan fingerprint density at radius 3 is 2.53 bits per heavy atom. The highest BCUT2D eigenvalue weighted by Crippen LogP contribution is 2.36. The first-order valence-electron chi connectivity index (χ1n) is 6.22. The number of rotatable bonds is 4. The number of nitrogens with zero attached hydrogens (tertiary/aromatic N) is 1. The lowest BCUT2D eigenvalue weighted by Gasteiger charge is -2.34. The van der Waals surface area contributed by atoms with Crippen LogP contribution in [0.1, 0.15) is 23.8 Å². The summed E-state index contributed by atoms with van der Waals surface area (Å²) in [7, 11) is 0. The molecule has 108 valence electrons. The Kier molecular flexibility index (Phi) is 5.11. The Bertz CT molecular complexity index is 402. The van der Waals surface area contributed by atoms with E-state index in [4.69, 9.17) is 11.6 Å². The summed E-state index contributed by atoms with van der Waals surface area (Å²) in [4.78, 5) is 3.04. The fourth-order valence-corrected chi connectivity index (χ4v) is 3.54. The van der Waals surface area contributed by atoms with Crippen molar-refractivity contribution in [2.45, 2.75) is 25.1 Å². The molecular formula is C12H16ClF3N2S. The van der Waals surface area contributed by atoms with E-state index in [2.05, 4.69) is 10.2 Å². The van der Waals surface area contributed by atoms with Crippen LogP contribution in [0.2, 0.25) is 4.34 Å². The van der Waals surface area contributed by atoms with Gasteiger partial charge in [-0.1, -0.05) is 11.6 Å². The monoisotopic (exact) mass is 312 g/mol. The van der Waals surface area contributed by atoms with Gasteiger partial charge in [0.2, 0.25) is 0 Å². The highest BCUT2D eigenvalue weighted by molar-refractivity contribution is 7.16. The van der Waals surface area contributed by atoms with Gasteiger partial charge in [0.05, 0.1) is 4.34 Å². The van der Waals surface area contributed by atoms with E-state index in [0.717, 1.165) is 31.1 Å². The third-order valence-electron chi connectivity index (χ3n) is 3.22. The summed E-state index contributed by atoms with van der Waals surface area (Å²) < 4.78 is 38.0. The van der Waals surface area contributed by atoms with Crippen molar-refractivity contribution in [2.24, 2.45) is 0 Å². The number of piperazine rings is 1. The summed E-state index contributed by atoms with van der Waals surface area (Å²) in [5, 5.41) is 3.21. The molecule has 1 aromatic rings. The summed E-state index contributed by atoms with van der Waals surface area (Å²) in [6, 6.07) is 3.42. The van der Waals surface area contributed by atoms with E-state index >= 15 is 0 Å². The normalized spacial score (nSPS) is 19.6. The van der Waals surface area contributed by atoms with E-state index < -0.39 is 12.6 Å². The van der Waals surface area contributed by atoms with Crippen LogP contribution in [0.3, 0.4) is 0 Å². The van der Waals surface area contributed by atoms with E-state index in [9.17, 15) is 13.2 Å². The van der Waals surface area contributed by atoms with Crippen LogP contribution < -0.4 is 5.32 Å². The molecule has 0 spiro atoms. The number of hydrogen-bond acceptors (Lipinski definition) is 3. The van der Waals surface area contributed by atoms with Gasteiger partial charge in [0.1, 0.15) is 0 Å². The van der Waals surface area contributed by atoms with Crippen molar-refractivity contribution in [3.05, 3.63) is 21.3 Å². The minimum atomic E-state index is -4.10. The predicted molar refractivity (Wildman–Crippen MR) is 71.8 cm³/mol. The second kappa shape index (κ2) is 6.43.